The van der Waals surface area contributed by atoms with Crippen molar-refractivity contribution >= 4 is 23.2 Å². The van der Waals surface area contributed by atoms with Gasteiger partial charge in [-0.05, 0) is 17.7 Å². The second-order valence-electron chi connectivity index (χ2n) is 5.36. The number of nitrogens with zero attached hydrogens (tertiary/aromatic N) is 2. The van der Waals surface area contributed by atoms with Crippen LogP contribution in [0.1, 0.15) is 12.5 Å². The van der Waals surface area contributed by atoms with Gasteiger partial charge in [-0.3, -0.25) is 20.0 Å². The number of ketones is 1. The first-order valence-corrected chi connectivity index (χ1v) is 7.43. The Bertz CT molecular complexity index is 741. The first-order valence-electron chi connectivity index (χ1n) is 7.43. The van der Waals surface area contributed by atoms with Crippen LogP contribution in [-0.4, -0.2) is 23.6 Å². The van der Waals surface area contributed by atoms with E-state index >= 15 is 0 Å². The van der Waals surface area contributed by atoms with E-state index in [2.05, 4.69) is 10.4 Å². The first-order chi connectivity index (χ1) is 11.1. The van der Waals surface area contributed by atoms with Gasteiger partial charge in [0.2, 0.25) is 0 Å². The first kappa shape index (κ1) is 15.0. The predicted octanol–water partition coefficient (Wildman–Crippen LogP) is 2.14. The summed E-state index contributed by atoms with van der Waals surface area (Å²) in [6.45, 7) is 1.43. The van der Waals surface area contributed by atoms with Crippen LogP contribution in [0.25, 0.3) is 0 Å². The summed E-state index contributed by atoms with van der Waals surface area (Å²) in [6.07, 6.45) is 0.460. The van der Waals surface area contributed by atoms with E-state index in [9.17, 15) is 9.59 Å². The number of hydrazine groups is 1. The average molecular weight is 307 g/mol. The molecular weight excluding hydrogens is 290 g/mol. The van der Waals surface area contributed by atoms with Crippen molar-refractivity contribution in [3.05, 3.63) is 66.2 Å². The zero-order valence-electron chi connectivity index (χ0n) is 12.8. The minimum absolute atomic E-state index is 0.176. The number of nitrogens with one attached hydrogen (secondary N) is 1. The molecule has 1 aliphatic heterocycles. The Hall–Kier alpha value is -2.95. The van der Waals surface area contributed by atoms with Crippen LogP contribution in [0.4, 0.5) is 5.69 Å². The Morgan fingerprint density at radius 3 is 2.30 bits per heavy atom. The maximum atomic E-state index is 12.7. The maximum Gasteiger partial charge on any atom is 0.270 e. The van der Waals surface area contributed by atoms with Crippen LogP contribution < -0.4 is 10.4 Å². The van der Waals surface area contributed by atoms with Gasteiger partial charge in [-0.2, -0.15) is 0 Å². The Balaban J connectivity index is 1.92. The van der Waals surface area contributed by atoms with Gasteiger partial charge in [0.1, 0.15) is 6.04 Å². The van der Waals surface area contributed by atoms with Crippen LogP contribution >= 0.6 is 0 Å². The molecule has 1 aliphatic rings. The average Bonchev–Trinajstić information content (AvgIpc) is 2.58. The van der Waals surface area contributed by atoms with Crippen molar-refractivity contribution in [1.82, 2.24) is 5.43 Å². The number of aliphatic imine (C=N–C) groups is 1. The molecule has 1 amide bonds. The van der Waals surface area contributed by atoms with Crippen molar-refractivity contribution in [2.75, 3.05) is 5.01 Å². The fourth-order valence-electron chi connectivity index (χ4n) is 2.46. The number of rotatable bonds is 4. The van der Waals surface area contributed by atoms with E-state index in [-0.39, 0.29) is 17.5 Å². The van der Waals surface area contributed by atoms with E-state index in [1.165, 1.54) is 11.9 Å². The number of anilines is 1. The van der Waals surface area contributed by atoms with Gasteiger partial charge in [0.05, 0.1) is 5.69 Å². The molecule has 0 saturated heterocycles. The lowest BCUT2D eigenvalue weighted by Gasteiger charge is -2.31. The van der Waals surface area contributed by atoms with E-state index in [1.807, 2.05) is 60.7 Å². The van der Waals surface area contributed by atoms with Gasteiger partial charge in [0, 0.05) is 13.3 Å². The van der Waals surface area contributed by atoms with Gasteiger partial charge in [0.15, 0.2) is 11.6 Å². The lowest BCUT2D eigenvalue weighted by Crippen LogP contribution is -2.56. The van der Waals surface area contributed by atoms with Crippen molar-refractivity contribution in [3.8, 4) is 0 Å². The molecule has 0 saturated carbocycles. The van der Waals surface area contributed by atoms with Gasteiger partial charge in [-0.15, -0.1) is 0 Å². The SMILES string of the molecule is CC(=O)C1=NC(Cc2ccccc2)C(=O)N(c2ccccc2)N1. The molecule has 23 heavy (non-hydrogen) atoms. The van der Waals surface area contributed by atoms with E-state index in [0.717, 1.165) is 5.56 Å². The Kier molecular flexibility index (Phi) is 4.19. The van der Waals surface area contributed by atoms with Crippen molar-refractivity contribution in [1.29, 1.82) is 0 Å². The molecule has 0 bridgehead atoms. The standard InChI is InChI=1S/C18H17N3O2/c1-13(22)17-19-16(12-14-8-4-2-5-9-14)18(23)21(20-17)15-10-6-3-7-11-15/h2-11,16H,12H2,1H3,(H,19,20). The second-order valence-corrected chi connectivity index (χ2v) is 5.36. The van der Waals surface area contributed by atoms with Gasteiger partial charge < -0.3 is 0 Å². The Labute approximate surface area is 134 Å². The molecule has 2 aromatic carbocycles. The van der Waals surface area contributed by atoms with Crippen LogP contribution in [0, 0.1) is 0 Å². The third-order valence-electron chi connectivity index (χ3n) is 3.63. The van der Waals surface area contributed by atoms with Crippen LogP contribution in [0.5, 0.6) is 0 Å². The normalized spacial score (nSPS) is 17.4. The summed E-state index contributed by atoms with van der Waals surface area (Å²) in [5.74, 6) is -0.170. The number of amidine groups is 1. The van der Waals surface area contributed by atoms with E-state index in [0.29, 0.717) is 12.1 Å². The van der Waals surface area contributed by atoms with E-state index in [1.54, 1.807) is 0 Å². The molecule has 0 fully saturated rings. The molecule has 5 heteroatoms. The van der Waals surface area contributed by atoms with Crippen molar-refractivity contribution in [2.24, 2.45) is 4.99 Å². The Morgan fingerprint density at radius 2 is 1.70 bits per heavy atom. The lowest BCUT2D eigenvalue weighted by molar-refractivity contribution is -0.120. The molecule has 1 unspecified atom stereocenters. The smallest absolute Gasteiger partial charge is 0.270 e. The third kappa shape index (κ3) is 3.29. The van der Waals surface area contributed by atoms with Crippen molar-refractivity contribution < 1.29 is 9.59 Å². The fourth-order valence-corrected chi connectivity index (χ4v) is 2.46. The van der Waals surface area contributed by atoms with Crippen molar-refractivity contribution in [2.45, 2.75) is 19.4 Å². The van der Waals surface area contributed by atoms with Crippen LogP contribution in [-0.2, 0) is 16.0 Å². The number of carbonyl (C=O) groups is 2. The topological polar surface area (TPSA) is 61.8 Å². The fraction of sp³-hybridized carbons (Fsp3) is 0.167. The number of hydrogen-bond donors (Lipinski definition) is 1. The second kappa shape index (κ2) is 6.44. The lowest BCUT2D eigenvalue weighted by atomic mass is 10.0. The molecular formula is C18H17N3O2. The van der Waals surface area contributed by atoms with Crippen molar-refractivity contribution in [3.63, 3.8) is 0 Å². The minimum atomic E-state index is -0.613. The molecule has 1 N–H and O–H groups in total. The van der Waals surface area contributed by atoms with Crippen LogP contribution in [0.2, 0.25) is 0 Å². The molecule has 0 radical (unpaired) electrons. The monoisotopic (exact) mass is 307 g/mol. The zero-order valence-corrected chi connectivity index (χ0v) is 12.8. The number of para-hydroxylation sites is 1. The largest absolute Gasteiger partial charge is 0.291 e. The summed E-state index contributed by atoms with van der Waals surface area (Å²) >= 11 is 0. The maximum absolute atomic E-state index is 12.7. The highest BCUT2D eigenvalue weighted by atomic mass is 16.2. The summed E-state index contributed by atoms with van der Waals surface area (Å²) in [6, 6.07) is 18.2. The van der Waals surface area contributed by atoms with Crippen LogP contribution in [0.3, 0.4) is 0 Å². The molecule has 1 atom stereocenters. The van der Waals surface area contributed by atoms with Gasteiger partial charge in [-0.25, -0.2) is 5.01 Å². The molecule has 116 valence electrons. The van der Waals surface area contributed by atoms with E-state index in [4.69, 9.17) is 0 Å². The summed E-state index contributed by atoms with van der Waals surface area (Å²) in [4.78, 5) is 28.8. The van der Waals surface area contributed by atoms with E-state index < -0.39 is 6.04 Å². The highest BCUT2D eigenvalue weighted by Crippen LogP contribution is 2.18. The predicted molar refractivity (Wildman–Crippen MR) is 89.1 cm³/mol. The van der Waals surface area contributed by atoms with Gasteiger partial charge in [-0.1, -0.05) is 48.5 Å². The molecule has 5 nitrogen and oxygen atoms in total. The molecule has 2 aromatic rings. The number of benzene rings is 2. The van der Waals surface area contributed by atoms with Gasteiger partial charge in [0.25, 0.3) is 5.91 Å². The molecule has 3 rings (SSSR count). The quantitative estimate of drug-likeness (QED) is 0.941. The Morgan fingerprint density at radius 1 is 1.09 bits per heavy atom. The summed E-state index contributed by atoms with van der Waals surface area (Å²) in [7, 11) is 0. The zero-order chi connectivity index (χ0) is 16.2. The molecule has 0 spiro atoms. The number of Topliss-reactive ketones (excluding diaryl/α,β-unsaturated/α-hetero) is 1. The molecule has 1 heterocycles. The minimum Gasteiger partial charge on any atom is -0.291 e. The highest BCUT2D eigenvalue weighted by molar-refractivity contribution is 6.39. The summed E-state index contributed by atoms with van der Waals surface area (Å²) < 4.78 is 0. The summed E-state index contributed by atoms with van der Waals surface area (Å²) in [5, 5.41) is 1.40. The van der Waals surface area contributed by atoms with Gasteiger partial charge >= 0.3 is 0 Å². The number of amides is 1. The molecule has 0 aromatic heterocycles. The number of carbonyl (C=O) groups excluding carboxylic acids is 2. The third-order valence-corrected chi connectivity index (χ3v) is 3.63. The highest BCUT2D eigenvalue weighted by Gasteiger charge is 2.32. The number of hydrogen-bond acceptors (Lipinski definition) is 4. The molecule has 0 aliphatic carbocycles. The van der Waals surface area contributed by atoms with Crippen LogP contribution in [0.15, 0.2) is 65.7 Å². The summed E-state index contributed by atoms with van der Waals surface area (Å²) in [5.41, 5.74) is 4.51.